The number of hydrogen-bond donors (Lipinski definition) is 2. The summed E-state index contributed by atoms with van der Waals surface area (Å²) in [6, 6.07) is 0. The Morgan fingerprint density at radius 3 is 2.35 bits per heavy atom. The minimum absolute atomic E-state index is 0.0164. The third kappa shape index (κ3) is 3.89. The largest absolute Gasteiger partial charge is 0.392 e. The number of nitrogens with two attached hydrogens (primary N) is 1. The van der Waals surface area contributed by atoms with E-state index >= 15 is 0 Å². The number of fused-ring (bicyclic) bond motifs is 1. The fourth-order valence-corrected chi connectivity index (χ4v) is 5.70. The number of alkyl halides is 2. The van der Waals surface area contributed by atoms with E-state index in [1.165, 1.54) is 32.1 Å². The Labute approximate surface area is 139 Å². The average molecular weight is 329 g/mol. The van der Waals surface area contributed by atoms with Gasteiger partial charge in [-0.3, -0.25) is 0 Å². The fourth-order valence-electron chi connectivity index (χ4n) is 5.70. The standard InChI is InChI=1S/C19H33F2NO/c20-15-7-8-16(18(21)10-15)19(23)17(11-22)14-6-5-12-3-1-2-4-13(12)9-14/h12-19,23H,1-11,22H2. The molecule has 0 spiro atoms. The lowest BCUT2D eigenvalue weighted by molar-refractivity contribution is -0.0469. The summed E-state index contributed by atoms with van der Waals surface area (Å²) in [4.78, 5) is 0. The molecule has 0 radical (unpaired) electrons. The number of aliphatic hydroxyl groups is 1. The van der Waals surface area contributed by atoms with Crippen molar-refractivity contribution in [3.63, 3.8) is 0 Å². The maximum atomic E-state index is 14.2. The highest BCUT2D eigenvalue weighted by Crippen LogP contribution is 2.46. The second kappa shape index (κ2) is 7.77. The molecule has 3 aliphatic carbocycles. The molecule has 0 bridgehead atoms. The maximum Gasteiger partial charge on any atom is 0.108 e. The van der Waals surface area contributed by atoms with E-state index in [0.717, 1.165) is 24.7 Å². The third-order valence-corrected chi connectivity index (χ3v) is 7.09. The van der Waals surface area contributed by atoms with Crippen LogP contribution in [0.3, 0.4) is 0 Å². The van der Waals surface area contributed by atoms with E-state index in [4.69, 9.17) is 5.73 Å². The van der Waals surface area contributed by atoms with E-state index in [1.54, 1.807) is 0 Å². The Morgan fingerprint density at radius 1 is 0.913 bits per heavy atom. The van der Waals surface area contributed by atoms with Crippen LogP contribution in [0.1, 0.15) is 64.2 Å². The van der Waals surface area contributed by atoms with Gasteiger partial charge in [-0.2, -0.15) is 0 Å². The van der Waals surface area contributed by atoms with Gasteiger partial charge < -0.3 is 10.8 Å². The summed E-state index contributed by atoms with van der Waals surface area (Å²) in [5.74, 6) is 1.64. The molecule has 3 fully saturated rings. The fraction of sp³-hybridized carbons (Fsp3) is 1.00. The van der Waals surface area contributed by atoms with Crippen molar-refractivity contribution in [1.29, 1.82) is 0 Å². The molecule has 8 atom stereocenters. The molecule has 8 unspecified atom stereocenters. The van der Waals surface area contributed by atoms with Crippen LogP contribution in [-0.4, -0.2) is 30.1 Å². The zero-order chi connectivity index (χ0) is 16.4. The minimum Gasteiger partial charge on any atom is -0.392 e. The molecule has 0 aromatic carbocycles. The normalized spacial score (nSPS) is 44.3. The smallest absolute Gasteiger partial charge is 0.108 e. The van der Waals surface area contributed by atoms with Crippen LogP contribution in [0.25, 0.3) is 0 Å². The van der Waals surface area contributed by atoms with Crippen LogP contribution in [0.4, 0.5) is 8.78 Å². The van der Waals surface area contributed by atoms with Gasteiger partial charge in [-0.05, 0) is 56.4 Å². The highest BCUT2D eigenvalue weighted by atomic mass is 19.1. The Bertz CT molecular complexity index is 380. The molecule has 3 saturated carbocycles. The molecule has 0 aromatic heterocycles. The summed E-state index contributed by atoms with van der Waals surface area (Å²) in [7, 11) is 0. The molecule has 2 nitrogen and oxygen atoms in total. The van der Waals surface area contributed by atoms with E-state index in [0.29, 0.717) is 25.3 Å². The quantitative estimate of drug-likeness (QED) is 0.819. The van der Waals surface area contributed by atoms with Gasteiger partial charge in [0.15, 0.2) is 0 Å². The van der Waals surface area contributed by atoms with Gasteiger partial charge in [-0.1, -0.05) is 25.7 Å². The van der Waals surface area contributed by atoms with Crippen LogP contribution in [-0.2, 0) is 0 Å². The molecule has 3 aliphatic rings. The van der Waals surface area contributed by atoms with Crippen LogP contribution < -0.4 is 5.73 Å². The summed E-state index contributed by atoms with van der Waals surface area (Å²) in [5, 5.41) is 10.8. The molecule has 0 aromatic rings. The highest BCUT2D eigenvalue weighted by molar-refractivity contribution is 4.93. The number of halogens is 2. The van der Waals surface area contributed by atoms with Gasteiger partial charge in [-0.15, -0.1) is 0 Å². The maximum absolute atomic E-state index is 14.2. The van der Waals surface area contributed by atoms with E-state index in [9.17, 15) is 13.9 Å². The zero-order valence-electron chi connectivity index (χ0n) is 14.2. The first kappa shape index (κ1) is 17.6. The summed E-state index contributed by atoms with van der Waals surface area (Å²) >= 11 is 0. The Balaban J connectivity index is 1.62. The first-order chi connectivity index (χ1) is 11.1. The van der Waals surface area contributed by atoms with Crippen molar-refractivity contribution in [1.82, 2.24) is 0 Å². The molecule has 0 saturated heterocycles. The van der Waals surface area contributed by atoms with Gasteiger partial charge in [0.2, 0.25) is 0 Å². The van der Waals surface area contributed by atoms with Gasteiger partial charge in [0.25, 0.3) is 0 Å². The first-order valence-corrected chi connectivity index (χ1v) is 9.76. The predicted molar refractivity (Wildman–Crippen MR) is 88.5 cm³/mol. The second-order valence-electron chi connectivity index (χ2n) is 8.36. The Hall–Kier alpha value is -0.220. The number of hydrogen-bond acceptors (Lipinski definition) is 2. The van der Waals surface area contributed by atoms with Crippen molar-refractivity contribution < 1.29 is 13.9 Å². The first-order valence-electron chi connectivity index (χ1n) is 9.76. The monoisotopic (exact) mass is 329 g/mol. The molecule has 3 N–H and O–H groups in total. The van der Waals surface area contributed by atoms with E-state index < -0.39 is 24.4 Å². The van der Waals surface area contributed by atoms with Crippen molar-refractivity contribution in [2.24, 2.45) is 35.3 Å². The molecule has 3 rings (SSSR count). The van der Waals surface area contributed by atoms with Gasteiger partial charge in [0.05, 0.1) is 6.10 Å². The van der Waals surface area contributed by atoms with Gasteiger partial charge >= 0.3 is 0 Å². The molecule has 134 valence electrons. The van der Waals surface area contributed by atoms with Gasteiger partial charge in [0.1, 0.15) is 12.3 Å². The molecule has 0 aliphatic heterocycles. The minimum atomic E-state index is -1.21. The van der Waals surface area contributed by atoms with Crippen LogP contribution in [0.2, 0.25) is 0 Å². The molecule has 0 amide bonds. The summed E-state index contributed by atoms with van der Waals surface area (Å²) in [6.45, 7) is 0.422. The Kier molecular flexibility index (Phi) is 5.95. The summed E-state index contributed by atoms with van der Waals surface area (Å²) in [6.07, 6.45) is 6.73. The van der Waals surface area contributed by atoms with Crippen LogP contribution in [0.5, 0.6) is 0 Å². The van der Waals surface area contributed by atoms with Gasteiger partial charge in [0, 0.05) is 18.3 Å². The van der Waals surface area contributed by atoms with E-state index in [2.05, 4.69) is 0 Å². The van der Waals surface area contributed by atoms with Crippen molar-refractivity contribution in [2.75, 3.05) is 6.54 Å². The lowest BCUT2D eigenvalue weighted by Crippen LogP contribution is -2.46. The lowest BCUT2D eigenvalue weighted by atomic mass is 9.63. The second-order valence-corrected chi connectivity index (χ2v) is 8.36. The topological polar surface area (TPSA) is 46.2 Å². The molecule has 23 heavy (non-hydrogen) atoms. The van der Waals surface area contributed by atoms with Crippen LogP contribution in [0.15, 0.2) is 0 Å². The van der Waals surface area contributed by atoms with E-state index in [-0.39, 0.29) is 12.3 Å². The number of aliphatic hydroxyl groups excluding tert-OH is 1. The van der Waals surface area contributed by atoms with Crippen molar-refractivity contribution in [3.8, 4) is 0 Å². The van der Waals surface area contributed by atoms with Crippen molar-refractivity contribution >= 4 is 0 Å². The van der Waals surface area contributed by atoms with E-state index in [1.807, 2.05) is 0 Å². The number of rotatable bonds is 4. The predicted octanol–water partition coefficient (Wildman–Crippen LogP) is 4.01. The molecular formula is C19H33F2NO. The average Bonchev–Trinajstić information content (AvgIpc) is 2.55. The molecule has 0 heterocycles. The summed E-state index contributed by atoms with van der Waals surface area (Å²) < 4.78 is 27.6. The lowest BCUT2D eigenvalue weighted by Gasteiger charge is -2.44. The zero-order valence-corrected chi connectivity index (χ0v) is 14.2. The molecular weight excluding hydrogens is 296 g/mol. The third-order valence-electron chi connectivity index (χ3n) is 7.09. The Morgan fingerprint density at radius 2 is 1.65 bits per heavy atom. The van der Waals surface area contributed by atoms with Crippen LogP contribution in [0, 0.1) is 29.6 Å². The summed E-state index contributed by atoms with van der Waals surface area (Å²) in [5.41, 5.74) is 6.00. The SMILES string of the molecule is NCC(C1CCC2CCCCC2C1)C(O)C1CCC(F)CC1F. The highest BCUT2D eigenvalue weighted by Gasteiger charge is 2.42. The van der Waals surface area contributed by atoms with Crippen molar-refractivity contribution in [3.05, 3.63) is 0 Å². The van der Waals surface area contributed by atoms with Gasteiger partial charge in [-0.25, -0.2) is 8.78 Å². The van der Waals surface area contributed by atoms with Crippen molar-refractivity contribution in [2.45, 2.75) is 82.7 Å². The van der Waals surface area contributed by atoms with Crippen LogP contribution >= 0.6 is 0 Å². The molecule has 4 heteroatoms.